The van der Waals surface area contributed by atoms with Gasteiger partial charge in [-0.2, -0.15) is 0 Å². The van der Waals surface area contributed by atoms with Crippen molar-refractivity contribution in [2.24, 2.45) is 5.41 Å². The number of carbonyl (C=O) groups is 2. The number of rotatable bonds is 5. The summed E-state index contributed by atoms with van der Waals surface area (Å²) in [5.41, 5.74) is -1.63. The molecule has 1 aromatic heterocycles. The second kappa shape index (κ2) is 6.38. The normalized spacial score (nSPS) is 22.6. The van der Waals surface area contributed by atoms with E-state index >= 15 is 0 Å². The number of amides is 1. The number of piperidine rings is 1. The van der Waals surface area contributed by atoms with Crippen molar-refractivity contribution in [3.63, 3.8) is 0 Å². The molecule has 1 unspecified atom stereocenters. The van der Waals surface area contributed by atoms with Crippen LogP contribution in [0.3, 0.4) is 0 Å². The highest BCUT2D eigenvalue weighted by molar-refractivity contribution is 7.10. The molecule has 1 aromatic rings. The molecule has 122 valence electrons. The van der Waals surface area contributed by atoms with Gasteiger partial charge in [-0.3, -0.25) is 9.59 Å². The van der Waals surface area contributed by atoms with Gasteiger partial charge < -0.3 is 14.7 Å². The van der Waals surface area contributed by atoms with Gasteiger partial charge in [0.25, 0.3) is 0 Å². The average Bonchev–Trinajstić information content (AvgIpc) is 3.01. The minimum atomic E-state index is -0.992. The van der Waals surface area contributed by atoms with Crippen LogP contribution in [0, 0.1) is 5.41 Å². The number of methoxy groups -OCH3 is 1. The molecule has 1 saturated heterocycles. The number of aliphatic carboxylic acids is 1. The standard InChI is InChI=1S/C16H23NO4S/c1-15(2,12-6-4-9-22-12)13(18)17-8-5-7-16(10-17,11-21-3)14(19)20/h4,6,9H,5,7-8,10-11H2,1-3H3,(H,19,20). The summed E-state index contributed by atoms with van der Waals surface area (Å²) < 4.78 is 5.12. The summed E-state index contributed by atoms with van der Waals surface area (Å²) >= 11 is 1.55. The summed E-state index contributed by atoms with van der Waals surface area (Å²) in [6, 6.07) is 3.88. The smallest absolute Gasteiger partial charge is 0.313 e. The van der Waals surface area contributed by atoms with Crippen LogP contribution in [0.2, 0.25) is 0 Å². The largest absolute Gasteiger partial charge is 0.481 e. The lowest BCUT2D eigenvalue weighted by molar-refractivity contribution is -0.160. The molecule has 1 N–H and O–H groups in total. The highest BCUT2D eigenvalue weighted by atomic mass is 32.1. The number of likely N-dealkylation sites (tertiary alicyclic amines) is 1. The van der Waals surface area contributed by atoms with Crippen LogP contribution >= 0.6 is 11.3 Å². The van der Waals surface area contributed by atoms with Gasteiger partial charge in [0.05, 0.1) is 12.0 Å². The first kappa shape index (κ1) is 17.0. The number of thiophene rings is 1. The van der Waals surface area contributed by atoms with Crippen molar-refractivity contribution in [3.8, 4) is 0 Å². The Morgan fingerprint density at radius 2 is 2.23 bits per heavy atom. The third kappa shape index (κ3) is 3.03. The van der Waals surface area contributed by atoms with E-state index in [0.717, 1.165) is 4.88 Å². The molecule has 0 aromatic carbocycles. The van der Waals surface area contributed by atoms with E-state index in [4.69, 9.17) is 4.74 Å². The van der Waals surface area contributed by atoms with Crippen molar-refractivity contribution in [1.29, 1.82) is 0 Å². The number of nitrogens with zero attached hydrogens (tertiary/aromatic N) is 1. The molecule has 0 bridgehead atoms. The Bertz CT molecular complexity index is 536. The van der Waals surface area contributed by atoms with E-state index in [1.165, 1.54) is 7.11 Å². The molecule has 0 radical (unpaired) electrons. The lowest BCUT2D eigenvalue weighted by Gasteiger charge is -2.42. The molecule has 1 aliphatic rings. The summed E-state index contributed by atoms with van der Waals surface area (Å²) in [6.07, 6.45) is 1.22. The first-order valence-electron chi connectivity index (χ1n) is 7.39. The lowest BCUT2D eigenvalue weighted by Crippen LogP contribution is -2.55. The van der Waals surface area contributed by atoms with Crippen LogP contribution in [-0.4, -0.2) is 48.7 Å². The van der Waals surface area contributed by atoms with Gasteiger partial charge in [0.2, 0.25) is 5.91 Å². The molecule has 2 rings (SSSR count). The average molecular weight is 325 g/mol. The van der Waals surface area contributed by atoms with E-state index in [1.54, 1.807) is 16.2 Å². The third-order valence-electron chi connectivity index (χ3n) is 4.41. The molecule has 0 saturated carbocycles. The van der Waals surface area contributed by atoms with Crippen LogP contribution in [0.25, 0.3) is 0 Å². The van der Waals surface area contributed by atoms with E-state index in [2.05, 4.69) is 0 Å². The van der Waals surface area contributed by atoms with Gasteiger partial charge in [0.1, 0.15) is 5.41 Å². The summed E-state index contributed by atoms with van der Waals surface area (Å²) in [7, 11) is 1.50. The quantitative estimate of drug-likeness (QED) is 0.902. The Kier molecular flexibility index (Phi) is 4.92. The fourth-order valence-corrected chi connectivity index (χ4v) is 3.91. The lowest BCUT2D eigenvalue weighted by atomic mass is 9.79. The van der Waals surface area contributed by atoms with E-state index in [1.807, 2.05) is 31.4 Å². The zero-order chi connectivity index (χ0) is 16.4. The van der Waals surface area contributed by atoms with Crippen LogP contribution in [0.4, 0.5) is 0 Å². The highest BCUT2D eigenvalue weighted by Gasteiger charge is 2.46. The van der Waals surface area contributed by atoms with Gasteiger partial charge in [-0.15, -0.1) is 11.3 Å². The van der Waals surface area contributed by atoms with Crippen molar-refractivity contribution in [2.45, 2.75) is 32.1 Å². The maximum atomic E-state index is 12.9. The van der Waals surface area contributed by atoms with Crippen molar-refractivity contribution in [1.82, 2.24) is 4.90 Å². The molecular formula is C16H23NO4S. The van der Waals surface area contributed by atoms with Crippen molar-refractivity contribution in [3.05, 3.63) is 22.4 Å². The van der Waals surface area contributed by atoms with E-state index in [-0.39, 0.29) is 19.1 Å². The Morgan fingerprint density at radius 1 is 1.50 bits per heavy atom. The molecule has 1 amide bonds. The van der Waals surface area contributed by atoms with E-state index in [0.29, 0.717) is 19.4 Å². The molecule has 1 aliphatic heterocycles. The van der Waals surface area contributed by atoms with E-state index < -0.39 is 16.8 Å². The number of ether oxygens (including phenoxy) is 1. The van der Waals surface area contributed by atoms with Crippen LogP contribution in [-0.2, 0) is 19.7 Å². The second-order valence-corrected chi connectivity index (χ2v) is 7.40. The van der Waals surface area contributed by atoms with Crippen LogP contribution < -0.4 is 0 Å². The monoisotopic (exact) mass is 325 g/mol. The van der Waals surface area contributed by atoms with Gasteiger partial charge in [-0.05, 0) is 38.1 Å². The van der Waals surface area contributed by atoms with Crippen LogP contribution in [0.15, 0.2) is 17.5 Å². The summed E-state index contributed by atoms with van der Waals surface area (Å²) in [5.74, 6) is -0.905. The van der Waals surface area contributed by atoms with Gasteiger partial charge >= 0.3 is 5.97 Å². The van der Waals surface area contributed by atoms with Crippen molar-refractivity contribution >= 4 is 23.2 Å². The topological polar surface area (TPSA) is 66.8 Å². The molecule has 1 atom stereocenters. The first-order valence-corrected chi connectivity index (χ1v) is 8.27. The molecule has 0 aliphatic carbocycles. The molecule has 0 spiro atoms. The summed E-state index contributed by atoms with van der Waals surface area (Å²) in [6.45, 7) is 4.74. The maximum Gasteiger partial charge on any atom is 0.313 e. The SMILES string of the molecule is COCC1(C(=O)O)CCCN(C(=O)C(C)(C)c2cccs2)C1. The molecule has 22 heavy (non-hydrogen) atoms. The fourth-order valence-electron chi connectivity index (χ4n) is 3.07. The Labute approximate surface area is 134 Å². The first-order chi connectivity index (χ1) is 10.3. The summed E-state index contributed by atoms with van der Waals surface area (Å²) in [4.78, 5) is 27.3. The predicted molar refractivity (Wildman–Crippen MR) is 85.1 cm³/mol. The summed E-state index contributed by atoms with van der Waals surface area (Å²) in [5, 5.41) is 11.5. The van der Waals surface area contributed by atoms with Gasteiger partial charge in [0.15, 0.2) is 0 Å². The predicted octanol–water partition coefficient (Wildman–Crippen LogP) is 2.37. The molecule has 2 heterocycles. The van der Waals surface area contributed by atoms with Crippen molar-refractivity contribution in [2.75, 3.05) is 26.8 Å². The van der Waals surface area contributed by atoms with Crippen molar-refractivity contribution < 1.29 is 19.4 Å². The highest BCUT2D eigenvalue weighted by Crippen LogP contribution is 2.35. The van der Waals surface area contributed by atoms with Gasteiger partial charge in [0, 0.05) is 25.1 Å². The number of carbonyl (C=O) groups excluding carboxylic acids is 1. The number of hydrogen-bond donors (Lipinski definition) is 1. The Hall–Kier alpha value is -1.40. The zero-order valence-electron chi connectivity index (χ0n) is 13.3. The van der Waals surface area contributed by atoms with Crippen LogP contribution in [0.5, 0.6) is 0 Å². The zero-order valence-corrected chi connectivity index (χ0v) is 14.1. The Morgan fingerprint density at radius 3 is 2.77 bits per heavy atom. The minimum absolute atomic E-state index is 0.0172. The van der Waals surface area contributed by atoms with Gasteiger partial charge in [-0.25, -0.2) is 0 Å². The number of hydrogen-bond acceptors (Lipinski definition) is 4. The third-order valence-corrected chi connectivity index (χ3v) is 5.60. The molecule has 5 nitrogen and oxygen atoms in total. The molecule has 1 fully saturated rings. The fraction of sp³-hybridized carbons (Fsp3) is 0.625. The van der Waals surface area contributed by atoms with E-state index in [9.17, 15) is 14.7 Å². The molecular weight excluding hydrogens is 302 g/mol. The number of carboxylic acid groups (broad SMARTS) is 1. The minimum Gasteiger partial charge on any atom is -0.481 e. The van der Waals surface area contributed by atoms with Crippen LogP contribution in [0.1, 0.15) is 31.6 Å². The number of carboxylic acids is 1. The molecule has 6 heteroatoms. The second-order valence-electron chi connectivity index (χ2n) is 6.45. The maximum absolute atomic E-state index is 12.9. The Balaban J connectivity index is 2.21. The van der Waals surface area contributed by atoms with Gasteiger partial charge in [-0.1, -0.05) is 6.07 Å².